The summed E-state index contributed by atoms with van der Waals surface area (Å²) in [6.45, 7) is 1.89. The standard InChI is InChI=1S/C14H13N5O6/c1-2-25-12-6-9(5-11(14(12)20)19(23)24)7-16-17-13-4-3-10(8-15-13)18(21)22/h3-8,20H,2H2,1H3,(H,15,17)/b16-7+. The van der Waals surface area contributed by atoms with Crippen LogP contribution in [-0.2, 0) is 0 Å². The predicted molar refractivity (Wildman–Crippen MR) is 88.0 cm³/mol. The van der Waals surface area contributed by atoms with Crippen LogP contribution >= 0.6 is 0 Å². The van der Waals surface area contributed by atoms with E-state index < -0.39 is 21.3 Å². The van der Waals surface area contributed by atoms with Crippen molar-refractivity contribution < 1.29 is 19.7 Å². The average molecular weight is 347 g/mol. The second kappa shape index (κ2) is 7.68. The molecule has 1 aromatic heterocycles. The number of hydrogen-bond donors (Lipinski definition) is 2. The minimum Gasteiger partial charge on any atom is -0.500 e. The fraction of sp³-hybridized carbons (Fsp3) is 0.143. The van der Waals surface area contributed by atoms with Gasteiger partial charge in [0.15, 0.2) is 5.75 Å². The third-order valence-electron chi connectivity index (χ3n) is 2.93. The zero-order valence-electron chi connectivity index (χ0n) is 12.9. The van der Waals surface area contributed by atoms with Crippen LogP contribution in [0.25, 0.3) is 0 Å². The molecule has 0 aliphatic carbocycles. The van der Waals surface area contributed by atoms with Gasteiger partial charge in [-0.15, -0.1) is 0 Å². The molecule has 2 aromatic rings. The van der Waals surface area contributed by atoms with Crippen LogP contribution in [0.4, 0.5) is 17.2 Å². The zero-order chi connectivity index (χ0) is 18.4. The van der Waals surface area contributed by atoms with Gasteiger partial charge in [-0.3, -0.25) is 25.7 Å². The Morgan fingerprint density at radius 3 is 2.64 bits per heavy atom. The van der Waals surface area contributed by atoms with Gasteiger partial charge in [0.05, 0.1) is 22.7 Å². The van der Waals surface area contributed by atoms with E-state index in [0.717, 1.165) is 12.3 Å². The summed E-state index contributed by atoms with van der Waals surface area (Å²) in [5.41, 5.74) is 2.17. The fourth-order valence-corrected chi connectivity index (χ4v) is 1.83. The molecule has 2 rings (SSSR count). The quantitative estimate of drug-likeness (QED) is 0.440. The van der Waals surface area contributed by atoms with Crippen LogP contribution in [0.1, 0.15) is 12.5 Å². The first-order chi connectivity index (χ1) is 11.9. The minimum absolute atomic E-state index is 0.0355. The number of nitro benzene ring substituents is 1. The van der Waals surface area contributed by atoms with Crippen molar-refractivity contribution in [2.75, 3.05) is 12.0 Å². The van der Waals surface area contributed by atoms with E-state index in [0.29, 0.717) is 5.56 Å². The van der Waals surface area contributed by atoms with Crippen LogP contribution in [0, 0.1) is 20.2 Å². The Balaban J connectivity index is 2.19. The first-order valence-electron chi connectivity index (χ1n) is 6.96. The van der Waals surface area contributed by atoms with Crippen LogP contribution in [0.15, 0.2) is 35.6 Å². The molecule has 0 saturated carbocycles. The number of hydrogen-bond acceptors (Lipinski definition) is 9. The molecule has 25 heavy (non-hydrogen) atoms. The highest BCUT2D eigenvalue weighted by molar-refractivity contribution is 5.83. The second-order valence-electron chi connectivity index (χ2n) is 4.61. The van der Waals surface area contributed by atoms with E-state index in [2.05, 4.69) is 15.5 Å². The van der Waals surface area contributed by atoms with Crippen molar-refractivity contribution in [1.29, 1.82) is 0 Å². The van der Waals surface area contributed by atoms with E-state index in [4.69, 9.17) is 4.74 Å². The topological polar surface area (TPSA) is 153 Å². The summed E-state index contributed by atoms with van der Waals surface area (Å²) in [6, 6.07) is 5.14. The van der Waals surface area contributed by atoms with Gasteiger partial charge in [-0.1, -0.05) is 0 Å². The molecule has 0 amide bonds. The molecule has 0 atom stereocenters. The fourth-order valence-electron chi connectivity index (χ4n) is 1.83. The lowest BCUT2D eigenvalue weighted by molar-refractivity contribution is -0.386. The van der Waals surface area contributed by atoms with Crippen molar-refractivity contribution >= 4 is 23.4 Å². The maximum absolute atomic E-state index is 11.0. The number of anilines is 1. The Hall–Kier alpha value is -3.76. The van der Waals surface area contributed by atoms with Gasteiger partial charge >= 0.3 is 5.69 Å². The van der Waals surface area contributed by atoms with E-state index in [1.54, 1.807) is 6.92 Å². The molecule has 0 fully saturated rings. The average Bonchev–Trinajstić information content (AvgIpc) is 2.58. The molecule has 11 heteroatoms. The van der Waals surface area contributed by atoms with Crippen molar-refractivity contribution in [3.63, 3.8) is 0 Å². The number of aromatic hydroxyl groups is 1. The number of ether oxygens (including phenoxy) is 1. The SMILES string of the molecule is CCOc1cc(/C=N/Nc2ccc([N+](=O)[O-])cn2)cc([N+](=O)[O-])c1O. The Morgan fingerprint density at radius 2 is 2.08 bits per heavy atom. The van der Waals surface area contributed by atoms with Crippen molar-refractivity contribution in [3.8, 4) is 11.5 Å². The molecule has 130 valence electrons. The number of phenolic OH excluding ortho intramolecular Hbond substituents is 1. The van der Waals surface area contributed by atoms with Gasteiger partial charge in [0.1, 0.15) is 12.0 Å². The molecule has 0 radical (unpaired) electrons. The monoisotopic (exact) mass is 347 g/mol. The smallest absolute Gasteiger partial charge is 0.315 e. The number of phenols is 1. The summed E-state index contributed by atoms with van der Waals surface area (Å²) in [7, 11) is 0. The number of nitrogens with zero attached hydrogens (tertiary/aromatic N) is 4. The van der Waals surface area contributed by atoms with Crippen LogP contribution in [0.2, 0.25) is 0 Å². The molecule has 1 heterocycles. The molecule has 0 bridgehead atoms. The maximum Gasteiger partial charge on any atom is 0.315 e. The van der Waals surface area contributed by atoms with Gasteiger partial charge in [0, 0.05) is 17.7 Å². The molecular formula is C14H13N5O6. The van der Waals surface area contributed by atoms with E-state index in [9.17, 15) is 25.3 Å². The molecular weight excluding hydrogens is 334 g/mol. The van der Waals surface area contributed by atoms with Crippen molar-refractivity contribution in [2.24, 2.45) is 5.10 Å². The van der Waals surface area contributed by atoms with Gasteiger partial charge in [0.25, 0.3) is 5.69 Å². The summed E-state index contributed by atoms with van der Waals surface area (Å²) in [5.74, 6) is -0.347. The van der Waals surface area contributed by atoms with Gasteiger partial charge in [-0.2, -0.15) is 5.10 Å². The summed E-state index contributed by atoms with van der Waals surface area (Å²) in [6.07, 6.45) is 2.33. The summed E-state index contributed by atoms with van der Waals surface area (Å²) < 4.78 is 5.16. The Morgan fingerprint density at radius 1 is 1.32 bits per heavy atom. The minimum atomic E-state index is -0.736. The third kappa shape index (κ3) is 4.37. The van der Waals surface area contributed by atoms with E-state index in [-0.39, 0.29) is 23.9 Å². The van der Waals surface area contributed by atoms with Gasteiger partial charge < -0.3 is 9.84 Å². The molecule has 1 aromatic carbocycles. The number of nitrogens with one attached hydrogen (secondary N) is 1. The molecule has 0 saturated heterocycles. The van der Waals surface area contributed by atoms with Crippen molar-refractivity contribution in [1.82, 2.24) is 4.98 Å². The number of rotatable bonds is 7. The number of aromatic nitrogens is 1. The second-order valence-corrected chi connectivity index (χ2v) is 4.61. The first kappa shape index (κ1) is 17.6. The number of benzene rings is 1. The Labute approximate surface area is 140 Å². The van der Waals surface area contributed by atoms with Crippen LogP contribution in [0.5, 0.6) is 11.5 Å². The molecule has 0 aliphatic rings. The number of hydrazone groups is 1. The summed E-state index contributed by atoms with van der Waals surface area (Å²) in [5, 5.41) is 35.2. The van der Waals surface area contributed by atoms with Gasteiger partial charge in [-0.05, 0) is 19.1 Å². The van der Waals surface area contributed by atoms with E-state index >= 15 is 0 Å². The van der Waals surface area contributed by atoms with Crippen LogP contribution < -0.4 is 10.2 Å². The van der Waals surface area contributed by atoms with Crippen molar-refractivity contribution in [2.45, 2.75) is 6.92 Å². The largest absolute Gasteiger partial charge is 0.500 e. The number of pyridine rings is 1. The lowest BCUT2D eigenvalue weighted by Gasteiger charge is -2.07. The first-order valence-corrected chi connectivity index (χ1v) is 6.96. The van der Waals surface area contributed by atoms with Crippen molar-refractivity contribution in [3.05, 3.63) is 56.3 Å². The zero-order valence-corrected chi connectivity index (χ0v) is 12.9. The van der Waals surface area contributed by atoms with Gasteiger partial charge in [-0.25, -0.2) is 4.98 Å². The normalized spacial score (nSPS) is 10.6. The lowest BCUT2D eigenvalue weighted by atomic mass is 10.2. The molecule has 0 unspecified atom stereocenters. The highest BCUT2D eigenvalue weighted by atomic mass is 16.6. The molecule has 0 aliphatic heterocycles. The van der Waals surface area contributed by atoms with Crippen LogP contribution in [-0.4, -0.2) is 32.8 Å². The Kier molecular flexibility index (Phi) is 5.40. The summed E-state index contributed by atoms with van der Waals surface area (Å²) >= 11 is 0. The highest BCUT2D eigenvalue weighted by Crippen LogP contribution is 2.36. The predicted octanol–water partition coefficient (Wildman–Crippen LogP) is 2.45. The molecule has 11 nitrogen and oxygen atoms in total. The highest BCUT2D eigenvalue weighted by Gasteiger charge is 2.19. The number of nitro groups is 2. The summed E-state index contributed by atoms with van der Waals surface area (Å²) in [4.78, 5) is 24.0. The van der Waals surface area contributed by atoms with E-state index in [1.807, 2.05) is 0 Å². The van der Waals surface area contributed by atoms with Gasteiger partial charge in [0.2, 0.25) is 5.75 Å². The van der Waals surface area contributed by atoms with Crippen LogP contribution in [0.3, 0.4) is 0 Å². The molecule has 0 spiro atoms. The Bertz CT molecular complexity index is 821. The third-order valence-corrected chi connectivity index (χ3v) is 2.93. The van der Waals surface area contributed by atoms with E-state index in [1.165, 1.54) is 24.4 Å². The lowest BCUT2D eigenvalue weighted by Crippen LogP contribution is -1.99. The maximum atomic E-state index is 11.0. The molecule has 2 N–H and O–H groups in total.